The average Bonchev–Trinajstić information content (AvgIpc) is 2.61. The minimum absolute atomic E-state index is 0.518. The fourth-order valence-electron chi connectivity index (χ4n) is 3.93. The van der Waals surface area contributed by atoms with Gasteiger partial charge in [0.25, 0.3) is 0 Å². The summed E-state index contributed by atoms with van der Waals surface area (Å²) >= 11 is 0. The molecule has 1 aromatic rings. The van der Waals surface area contributed by atoms with E-state index in [0.29, 0.717) is 5.75 Å². The number of benzene rings is 1. The summed E-state index contributed by atoms with van der Waals surface area (Å²) in [5.41, 5.74) is 2.61. The predicted molar refractivity (Wildman–Crippen MR) is 121 cm³/mol. The van der Waals surface area contributed by atoms with Gasteiger partial charge in [-0.3, -0.25) is 0 Å². The maximum Gasteiger partial charge on any atom is 0.119 e. The van der Waals surface area contributed by atoms with E-state index in [1.165, 1.54) is 88.2 Å². The number of rotatable bonds is 16. The van der Waals surface area contributed by atoms with Gasteiger partial charge in [-0.15, -0.1) is 0 Å². The maximum atomic E-state index is 10.3. The highest BCUT2D eigenvalue weighted by molar-refractivity contribution is 5.39. The van der Waals surface area contributed by atoms with Crippen molar-refractivity contribution in [1.82, 2.24) is 0 Å². The highest BCUT2D eigenvalue weighted by atomic mass is 16.3. The summed E-state index contributed by atoms with van der Waals surface area (Å²) in [4.78, 5) is 0. The van der Waals surface area contributed by atoms with Gasteiger partial charge in [0.05, 0.1) is 0 Å². The van der Waals surface area contributed by atoms with E-state index in [1.54, 1.807) is 0 Å². The molecule has 0 atom stereocenters. The summed E-state index contributed by atoms with van der Waals surface area (Å²) in [5.74, 6) is 2.20. The average molecular weight is 375 g/mol. The fraction of sp³-hybridized carbons (Fsp3) is 0.769. The Morgan fingerprint density at radius 1 is 0.630 bits per heavy atom. The smallest absolute Gasteiger partial charge is 0.119 e. The molecule has 0 radical (unpaired) electrons. The van der Waals surface area contributed by atoms with Gasteiger partial charge in [-0.05, 0) is 54.7 Å². The minimum Gasteiger partial charge on any atom is -0.508 e. The largest absolute Gasteiger partial charge is 0.508 e. The van der Waals surface area contributed by atoms with Crippen LogP contribution in [-0.2, 0) is 12.8 Å². The molecule has 1 N–H and O–H groups in total. The third kappa shape index (κ3) is 12.2. The predicted octanol–water partition coefficient (Wildman–Crippen LogP) is 8.47. The van der Waals surface area contributed by atoms with Gasteiger partial charge in [-0.25, -0.2) is 0 Å². The molecule has 27 heavy (non-hydrogen) atoms. The second-order valence-electron chi connectivity index (χ2n) is 9.32. The van der Waals surface area contributed by atoms with E-state index in [1.807, 2.05) is 12.1 Å². The second-order valence-corrected chi connectivity index (χ2v) is 9.32. The van der Waals surface area contributed by atoms with Gasteiger partial charge in [0.15, 0.2) is 0 Å². The Labute approximate surface area is 170 Å². The van der Waals surface area contributed by atoms with Crippen LogP contribution in [0.1, 0.15) is 116 Å². The van der Waals surface area contributed by atoms with Crippen molar-refractivity contribution in [2.24, 2.45) is 11.8 Å². The van der Waals surface area contributed by atoms with Crippen molar-refractivity contribution in [2.75, 3.05) is 0 Å². The first-order valence-electron chi connectivity index (χ1n) is 11.8. The van der Waals surface area contributed by atoms with Gasteiger partial charge in [0.2, 0.25) is 0 Å². The number of aryl methyl sites for hydroxylation is 1. The first-order valence-corrected chi connectivity index (χ1v) is 11.8. The zero-order valence-electron chi connectivity index (χ0n) is 18.7. The van der Waals surface area contributed by atoms with Crippen LogP contribution in [0.2, 0.25) is 0 Å². The summed E-state index contributed by atoms with van der Waals surface area (Å²) in [5, 5.41) is 10.3. The molecule has 0 saturated carbocycles. The molecule has 0 aliphatic carbocycles. The van der Waals surface area contributed by atoms with Gasteiger partial charge < -0.3 is 5.11 Å². The molecule has 0 saturated heterocycles. The molecule has 1 nitrogen and oxygen atoms in total. The van der Waals surface area contributed by atoms with Gasteiger partial charge in [-0.1, -0.05) is 104 Å². The zero-order valence-corrected chi connectivity index (χ0v) is 18.7. The van der Waals surface area contributed by atoms with Crippen molar-refractivity contribution in [2.45, 2.75) is 118 Å². The highest BCUT2D eigenvalue weighted by Gasteiger charge is 2.07. The van der Waals surface area contributed by atoms with Crippen LogP contribution in [0, 0.1) is 11.8 Å². The van der Waals surface area contributed by atoms with E-state index in [-0.39, 0.29) is 0 Å². The number of hydrogen-bond acceptors (Lipinski definition) is 1. The topological polar surface area (TPSA) is 20.2 Å². The summed E-state index contributed by atoms with van der Waals surface area (Å²) in [6.07, 6.45) is 18.2. The lowest BCUT2D eigenvalue weighted by Crippen LogP contribution is -1.96. The van der Waals surface area contributed by atoms with Crippen LogP contribution in [0.25, 0.3) is 0 Å². The fourth-order valence-corrected chi connectivity index (χ4v) is 3.93. The first kappa shape index (κ1) is 24.1. The molecule has 0 spiro atoms. The van der Waals surface area contributed by atoms with Crippen LogP contribution in [-0.4, -0.2) is 5.11 Å². The molecule has 0 amide bonds. The molecule has 1 rings (SSSR count). The molecule has 0 bridgehead atoms. The first-order chi connectivity index (χ1) is 13.0. The summed E-state index contributed by atoms with van der Waals surface area (Å²) in [6, 6.07) is 6.12. The molecule has 1 aromatic carbocycles. The molecule has 0 fully saturated rings. The lowest BCUT2D eigenvalue weighted by Gasteiger charge is -2.12. The summed E-state index contributed by atoms with van der Waals surface area (Å²) in [7, 11) is 0. The quantitative estimate of drug-likeness (QED) is 0.288. The van der Waals surface area contributed by atoms with Crippen molar-refractivity contribution in [3.05, 3.63) is 29.3 Å². The van der Waals surface area contributed by atoms with Crippen molar-refractivity contribution < 1.29 is 5.11 Å². The van der Waals surface area contributed by atoms with Crippen LogP contribution in [0.4, 0.5) is 0 Å². The van der Waals surface area contributed by atoms with Gasteiger partial charge >= 0.3 is 0 Å². The molecular weight excluding hydrogens is 328 g/mol. The van der Waals surface area contributed by atoms with Crippen molar-refractivity contribution in [3.8, 4) is 5.75 Å². The Morgan fingerprint density at radius 2 is 1.11 bits per heavy atom. The van der Waals surface area contributed by atoms with Crippen molar-refractivity contribution in [3.63, 3.8) is 0 Å². The van der Waals surface area contributed by atoms with Crippen LogP contribution in [0.3, 0.4) is 0 Å². The third-order valence-electron chi connectivity index (χ3n) is 5.68. The Hall–Kier alpha value is -0.980. The van der Waals surface area contributed by atoms with Crippen LogP contribution >= 0.6 is 0 Å². The van der Waals surface area contributed by atoms with E-state index >= 15 is 0 Å². The maximum absolute atomic E-state index is 10.3. The number of phenols is 1. The summed E-state index contributed by atoms with van der Waals surface area (Å²) < 4.78 is 0. The summed E-state index contributed by atoms with van der Waals surface area (Å²) in [6.45, 7) is 9.25. The normalized spacial score (nSPS) is 11.6. The third-order valence-corrected chi connectivity index (χ3v) is 5.68. The van der Waals surface area contributed by atoms with Gasteiger partial charge in [0, 0.05) is 0 Å². The Morgan fingerprint density at radius 3 is 1.67 bits per heavy atom. The molecular formula is C26H46O. The molecule has 0 heterocycles. The molecule has 156 valence electrons. The number of phenolic OH excluding ortho intramolecular Hbond substituents is 1. The number of unbranched alkanes of at least 4 members (excludes halogenated alkanes) is 8. The Kier molecular flexibility index (Phi) is 13.4. The number of aromatic hydroxyl groups is 1. The van der Waals surface area contributed by atoms with Crippen molar-refractivity contribution >= 4 is 0 Å². The zero-order chi connectivity index (χ0) is 19.9. The van der Waals surface area contributed by atoms with E-state index in [9.17, 15) is 5.11 Å². The van der Waals surface area contributed by atoms with Gasteiger partial charge in [0.1, 0.15) is 5.75 Å². The monoisotopic (exact) mass is 374 g/mol. The molecule has 0 aromatic heterocycles. The van der Waals surface area contributed by atoms with Gasteiger partial charge in [-0.2, -0.15) is 0 Å². The Balaban J connectivity index is 2.24. The van der Waals surface area contributed by atoms with Crippen LogP contribution < -0.4 is 0 Å². The molecule has 0 aliphatic rings. The molecule has 1 heteroatoms. The number of hydrogen-bond donors (Lipinski definition) is 1. The molecule has 0 unspecified atom stereocenters. The lowest BCUT2D eigenvalue weighted by molar-refractivity contribution is 0.463. The minimum atomic E-state index is 0.518. The van der Waals surface area contributed by atoms with Crippen LogP contribution in [0.5, 0.6) is 5.75 Å². The standard InChI is InChI=1S/C26H46O/c1-22(2)16-11-7-5-9-13-18-24-19-15-21-26(27)25(24)20-14-10-6-8-12-17-23(3)4/h15,19,21-23,27H,5-14,16-18,20H2,1-4H3. The van der Waals surface area contributed by atoms with E-state index < -0.39 is 0 Å². The van der Waals surface area contributed by atoms with E-state index in [4.69, 9.17) is 0 Å². The highest BCUT2D eigenvalue weighted by Crippen LogP contribution is 2.25. The van der Waals surface area contributed by atoms with E-state index in [2.05, 4.69) is 33.8 Å². The SMILES string of the molecule is CC(C)CCCCCCCc1cccc(O)c1CCCCCCCC(C)C. The van der Waals surface area contributed by atoms with E-state index in [0.717, 1.165) is 24.7 Å². The lowest BCUT2D eigenvalue weighted by atomic mass is 9.95. The van der Waals surface area contributed by atoms with Crippen LogP contribution in [0.15, 0.2) is 18.2 Å². The Bertz CT molecular complexity index is 475. The van der Waals surface area contributed by atoms with Crippen molar-refractivity contribution in [1.29, 1.82) is 0 Å². The second kappa shape index (κ2) is 15.0. The molecule has 0 aliphatic heterocycles.